The highest BCUT2D eigenvalue weighted by molar-refractivity contribution is 6.30. The van der Waals surface area contributed by atoms with E-state index in [1.165, 1.54) is 5.69 Å². The Balaban J connectivity index is 1.39. The standard InChI is InChI=1S/C22H28ClN3O3/c1-28-19-8-9-20(21(16-19)29-2)22(27)24-10-3-11-25-12-14-26(15-13-25)18-6-4-17(23)5-7-18/h4-9,16H,3,10-15H2,1-2H3,(H,24,27). The third kappa shape index (κ3) is 5.78. The summed E-state index contributed by atoms with van der Waals surface area (Å²) >= 11 is 5.97. The number of hydrogen-bond acceptors (Lipinski definition) is 5. The van der Waals surface area contributed by atoms with Crippen molar-refractivity contribution in [3.8, 4) is 11.5 Å². The Kier molecular flexibility index (Phi) is 7.61. The summed E-state index contributed by atoms with van der Waals surface area (Å²) in [6.45, 7) is 5.62. The van der Waals surface area contributed by atoms with E-state index < -0.39 is 0 Å². The van der Waals surface area contributed by atoms with Gasteiger partial charge in [-0.1, -0.05) is 11.6 Å². The zero-order chi connectivity index (χ0) is 20.6. The Morgan fingerprint density at radius 1 is 1.03 bits per heavy atom. The summed E-state index contributed by atoms with van der Waals surface area (Å²) in [6.07, 6.45) is 0.908. The van der Waals surface area contributed by atoms with Crippen molar-refractivity contribution in [2.45, 2.75) is 6.42 Å². The molecule has 0 bridgehead atoms. The quantitative estimate of drug-likeness (QED) is 0.668. The molecule has 1 aliphatic rings. The minimum atomic E-state index is -0.128. The normalized spacial score (nSPS) is 14.5. The van der Waals surface area contributed by atoms with Crippen LogP contribution in [-0.4, -0.2) is 64.3 Å². The third-order valence-corrected chi connectivity index (χ3v) is 5.41. The molecule has 0 aliphatic carbocycles. The van der Waals surface area contributed by atoms with Gasteiger partial charge in [0, 0.05) is 49.5 Å². The molecule has 0 radical (unpaired) electrons. The van der Waals surface area contributed by atoms with Crippen molar-refractivity contribution < 1.29 is 14.3 Å². The predicted molar refractivity (Wildman–Crippen MR) is 117 cm³/mol. The van der Waals surface area contributed by atoms with E-state index in [-0.39, 0.29) is 5.91 Å². The van der Waals surface area contributed by atoms with E-state index in [9.17, 15) is 4.79 Å². The van der Waals surface area contributed by atoms with Gasteiger partial charge < -0.3 is 19.7 Å². The van der Waals surface area contributed by atoms with Crippen LogP contribution in [0.1, 0.15) is 16.8 Å². The molecule has 2 aromatic rings. The summed E-state index contributed by atoms with van der Waals surface area (Å²) in [6, 6.07) is 13.2. The number of nitrogens with zero attached hydrogens (tertiary/aromatic N) is 2. The van der Waals surface area contributed by atoms with Crippen molar-refractivity contribution in [1.29, 1.82) is 0 Å². The molecule has 29 heavy (non-hydrogen) atoms. The number of carbonyl (C=O) groups excluding carboxylic acids is 1. The number of hydrogen-bond donors (Lipinski definition) is 1. The zero-order valence-corrected chi connectivity index (χ0v) is 17.7. The lowest BCUT2D eigenvalue weighted by Crippen LogP contribution is -2.47. The molecule has 1 saturated heterocycles. The second-order valence-corrected chi connectivity index (χ2v) is 7.42. The fourth-order valence-electron chi connectivity index (χ4n) is 3.47. The number of amides is 1. The maximum absolute atomic E-state index is 12.4. The van der Waals surface area contributed by atoms with Crippen molar-refractivity contribution in [3.63, 3.8) is 0 Å². The maximum atomic E-state index is 12.4. The van der Waals surface area contributed by atoms with Gasteiger partial charge in [0.1, 0.15) is 11.5 Å². The van der Waals surface area contributed by atoms with Gasteiger partial charge >= 0.3 is 0 Å². The molecule has 1 fully saturated rings. The van der Waals surface area contributed by atoms with Gasteiger partial charge in [-0.2, -0.15) is 0 Å². The van der Waals surface area contributed by atoms with Crippen LogP contribution in [0.4, 0.5) is 5.69 Å². The molecule has 0 saturated carbocycles. The highest BCUT2D eigenvalue weighted by Crippen LogP contribution is 2.24. The van der Waals surface area contributed by atoms with Crippen LogP contribution in [0.5, 0.6) is 11.5 Å². The molecule has 156 valence electrons. The van der Waals surface area contributed by atoms with E-state index in [1.54, 1.807) is 32.4 Å². The van der Waals surface area contributed by atoms with Crippen LogP contribution in [0.25, 0.3) is 0 Å². The first-order valence-electron chi connectivity index (χ1n) is 9.84. The summed E-state index contributed by atoms with van der Waals surface area (Å²) in [5, 5.41) is 3.75. The Morgan fingerprint density at radius 2 is 1.76 bits per heavy atom. The number of halogens is 1. The highest BCUT2D eigenvalue weighted by Gasteiger charge is 2.17. The van der Waals surface area contributed by atoms with Crippen molar-refractivity contribution in [3.05, 3.63) is 53.1 Å². The number of carbonyl (C=O) groups is 1. The molecule has 7 heteroatoms. The van der Waals surface area contributed by atoms with E-state index in [4.69, 9.17) is 21.1 Å². The summed E-state index contributed by atoms with van der Waals surface area (Å²) in [5.41, 5.74) is 1.74. The van der Waals surface area contributed by atoms with Crippen LogP contribution in [0, 0.1) is 0 Å². The first-order chi connectivity index (χ1) is 14.1. The number of piperazine rings is 1. The van der Waals surface area contributed by atoms with Crippen LogP contribution < -0.4 is 19.7 Å². The molecule has 0 atom stereocenters. The largest absolute Gasteiger partial charge is 0.497 e. The number of benzene rings is 2. The van der Waals surface area contributed by atoms with Gasteiger partial charge in [-0.25, -0.2) is 0 Å². The van der Waals surface area contributed by atoms with E-state index in [1.807, 2.05) is 12.1 Å². The minimum absolute atomic E-state index is 0.128. The van der Waals surface area contributed by atoms with E-state index in [0.717, 1.165) is 44.2 Å². The summed E-state index contributed by atoms with van der Waals surface area (Å²) in [4.78, 5) is 17.3. The number of methoxy groups -OCH3 is 2. The Morgan fingerprint density at radius 3 is 2.41 bits per heavy atom. The fourth-order valence-corrected chi connectivity index (χ4v) is 3.59. The molecule has 0 unspecified atom stereocenters. The van der Waals surface area contributed by atoms with Crippen molar-refractivity contribution in [1.82, 2.24) is 10.2 Å². The molecule has 2 aromatic carbocycles. The van der Waals surface area contributed by atoms with Crippen molar-refractivity contribution >= 4 is 23.2 Å². The molecule has 1 amide bonds. The number of nitrogens with one attached hydrogen (secondary N) is 1. The van der Waals surface area contributed by atoms with Gasteiger partial charge in [0.05, 0.1) is 19.8 Å². The van der Waals surface area contributed by atoms with Gasteiger partial charge in [0.15, 0.2) is 0 Å². The topological polar surface area (TPSA) is 54.0 Å². The highest BCUT2D eigenvalue weighted by atomic mass is 35.5. The van der Waals surface area contributed by atoms with Gasteiger partial charge in [-0.3, -0.25) is 9.69 Å². The Bertz CT molecular complexity index is 805. The predicted octanol–water partition coefficient (Wildman–Crippen LogP) is 3.30. The molecule has 3 rings (SSSR count). The third-order valence-electron chi connectivity index (χ3n) is 5.15. The molecular formula is C22H28ClN3O3. The van der Waals surface area contributed by atoms with E-state index in [0.29, 0.717) is 23.6 Å². The van der Waals surface area contributed by atoms with Crippen LogP contribution in [0.2, 0.25) is 5.02 Å². The second-order valence-electron chi connectivity index (χ2n) is 6.98. The minimum Gasteiger partial charge on any atom is -0.497 e. The number of ether oxygens (including phenoxy) is 2. The summed E-state index contributed by atoms with van der Waals surface area (Å²) < 4.78 is 10.5. The second kappa shape index (κ2) is 10.4. The number of rotatable bonds is 8. The molecule has 0 spiro atoms. The molecule has 0 aromatic heterocycles. The summed E-state index contributed by atoms with van der Waals surface area (Å²) in [7, 11) is 3.14. The average molecular weight is 418 g/mol. The van der Waals surface area contributed by atoms with Crippen molar-refractivity contribution in [2.75, 3.05) is 58.4 Å². The molecule has 1 N–H and O–H groups in total. The zero-order valence-electron chi connectivity index (χ0n) is 17.0. The van der Waals surface area contributed by atoms with Gasteiger partial charge in [0.2, 0.25) is 0 Å². The first kappa shape index (κ1) is 21.3. The van der Waals surface area contributed by atoms with Crippen LogP contribution in [0.15, 0.2) is 42.5 Å². The Hall–Kier alpha value is -2.44. The van der Waals surface area contributed by atoms with E-state index in [2.05, 4.69) is 27.2 Å². The monoisotopic (exact) mass is 417 g/mol. The lowest BCUT2D eigenvalue weighted by molar-refractivity contribution is 0.0948. The smallest absolute Gasteiger partial charge is 0.255 e. The van der Waals surface area contributed by atoms with Gasteiger partial charge in [-0.15, -0.1) is 0 Å². The van der Waals surface area contributed by atoms with Gasteiger partial charge in [-0.05, 0) is 49.4 Å². The van der Waals surface area contributed by atoms with Crippen LogP contribution in [0.3, 0.4) is 0 Å². The van der Waals surface area contributed by atoms with Crippen LogP contribution in [-0.2, 0) is 0 Å². The fraction of sp³-hybridized carbons (Fsp3) is 0.409. The van der Waals surface area contributed by atoms with Crippen LogP contribution >= 0.6 is 11.6 Å². The summed E-state index contributed by atoms with van der Waals surface area (Å²) in [5.74, 6) is 1.05. The van der Waals surface area contributed by atoms with Gasteiger partial charge in [0.25, 0.3) is 5.91 Å². The molecule has 1 heterocycles. The van der Waals surface area contributed by atoms with Crippen molar-refractivity contribution in [2.24, 2.45) is 0 Å². The van der Waals surface area contributed by atoms with E-state index >= 15 is 0 Å². The SMILES string of the molecule is COc1ccc(C(=O)NCCCN2CCN(c3ccc(Cl)cc3)CC2)c(OC)c1. The Labute approximate surface area is 177 Å². The maximum Gasteiger partial charge on any atom is 0.255 e. The molecule has 6 nitrogen and oxygen atoms in total. The lowest BCUT2D eigenvalue weighted by Gasteiger charge is -2.36. The average Bonchev–Trinajstić information content (AvgIpc) is 2.77. The number of anilines is 1. The molecule has 1 aliphatic heterocycles. The first-order valence-corrected chi connectivity index (χ1v) is 10.2. The molecular weight excluding hydrogens is 390 g/mol. The lowest BCUT2D eigenvalue weighted by atomic mass is 10.1.